The number of hydrogen-bond donors (Lipinski definition) is 0. The van der Waals surface area contributed by atoms with Crippen LogP contribution in [-0.2, 0) is 4.74 Å². The lowest BCUT2D eigenvalue weighted by atomic mass is 10.1. The first-order valence-corrected chi connectivity index (χ1v) is 5.49. The Balaban J connectivity index is 2.79. The van der Waals surface area contributed by atoms with Crippen molar-refractivity contribution in [1.82, 2.24) is 0 Å². The summed E-state index contributed by atoms with van der Waals surface area (Å²) in [5.74, 6) is 0.684. The standard InChI is InChI=1S/C11H13BrF2O2/c1-15-9-5-3-8(4-6-9)10(16-2)7-11(12,13)14/h3-6,10H,7H2,1-2H3. The van der Waals surface area contributed by atoms with Crippen LogP contribution in [-0.4, -0.2) is 19.1 Å². The van der Waals surface area contributed by atoms with Crippen molar-refractivity contribution in [3.05, 3.63) is 29.8 Å². The van der Waals surface area contributed by atoms with Gasteiger partial charge in [-0.3, -0.25) is 0 Å². The van der Waals surface area contributed by atoms with E-state index in [1.165, 1.54) is 7.11 Å². The van der Waals surface area contributed by atoms with Gasteiger partial charge in [-0.2, -0.15) is 8.78 Å². The molecular weight excluding hydrogens is 282 g/mol. The van der Waals surface area contributed by atoms with Gasteiger partial charge >= 0.3 is 4.83 Å². The number of methoxy groups -OCH3 is 2. The predicted octanol–water partition coefficient (Wildman–Crippen LogP) is 3.76. The van der Waals surface area contributed by atoms with E-state index in [-0.39, 0.29) is 0 Å². The number of ether oxygens (including phenoxy) is 2. The number of halogens is 3. The van der Waals surface area contributed by atoms with Crippen LogP contribution in [0.15, 0.2) is 24.3 Å². The molecule has 1 atom stereocenters. The van der Waals surface area contributed by atoms with Crippen molar-refractivity contribution in [2.75, 3.05) is 14.2 Å². The van der Waals surface area contributed by atoms with E-state index in [1.807, 2.05) is 0 Å². The van der Waals surface area contributed by atoms with Gasteiger partial charge in [-0.1, -0.05) is 12.1 Å². The highest BCUT2D eigenvalue weighted by Gasteiger charge is 2.29. The van der Waals surface area contributed by atoms with Gasteiger partial charge in [0.2, 0.25) is 0 Å². The summed E-state index contributed by atoms with van der Waals surface area (Å²) in [6.45, 7) is 0. The van der Waals surface area contributed by atoms with Crippen LogP contribution in [0.25, 0.3) is 0 Å². The van der Waals surface area contributed by atoms with Crippen molar-refractivity contribution in [3.8, 4) is 5.75 Å². The molecule has 90 valence electrons. The minimum Gasteiger partial charge on any atom is -0.497 e. The summed E-state index contributed by atoms with van der Waals surface area (Å²) in [5, 5.41) is 0. The molecule has 1 aromatic rings. The largest absolute Gasteiger partial charge is 0.497 e. The SMILES string of the molecule is COc1ccc(C(CC(F)(F)Br)OC)cc1. The first-order chi connectivity index (χ1) is 7.46. The molecule has 0 aromatic heterocycles. The average Bonchev–Trinajstić information content (AvgIpc) is 2.25. The van der Waals surface area contributed by atoms with Crippen LogP contribution in [0.1, 0.15) is 18.1 Å². The molecule has 0 aliphatic carbocycles. The van der Waals surface area contributed by atoms with Gasteiger partial charge in [0.1, 0.15) is 5.75 Å². The van der Waals surface area contributed by atoms with E-state index < -0.39 is 17.4 Å². The van der Waals surface area contributed by atoms with Gasteiger partial charge < -0.3 is 9.47 Å². The second-order valence-corrected chi connectivity index (χ2v) is 4.48. The van der Waals surface area contributed by atoms with Crippen molar-refractivity contribution in [3.63, 3.8) is 0 Å². The predicted molar refractivity (Wildman–Crippen MR) is 61.2 cm³/mol. The lowest BCUT2D eigenvalue weighted by Crippen LogP contribution is -2.13. The molecule has 0 aliphatic rings. The number of hydrogen-bond acceptors (Lipinski definition) is 2. The lowest BCUT2D eigenvalue weighted by molar-refractivity contribution is 0.0143. The van der Waals surface area contributed by atoms with Crippen molar-refractivity contribution in [2.45, 2.75) is 17.4 Å². The van der Waals surface area contributed by atoms with E-state index in [9.17, 15) is 8.78 Å². The minimum absolute atomic E-state index is 0.407. The molecule has 0 N–H and O–H groups in total. The molecule has 1 rings (SSSR count). The molecule has 16 heavy (non-hydrogen) atoms. The van der Waals surface area contributed by atoms with Gasteiger partial charge in [-0.25, -0.2) is 0 Å². The maximum atomic E-state index is 12.8. The van der Waals surface area contributed by atoms with Crippen molar-refractivity contribution in [2.24, 2.45) is 0 Å². The summed E-state index contributed by atoms with van der Waals surface area (Å²) in [5.41, 5.74) is 0.697. The Morgan fingerprint density at radius 1 is 1.25 bits per heavy atom. The topological polar surface area (TPSA) is 18.5 Å². The quantitative estimate of drug-likeness (QED) is 0.770. The molecule has 5 heteroatoms. The van der Waals surface area contributed by atoms with Gasteiger partial charge in [0, 0.05) is 7.11 Å². The third-order valence-corrected chi connectivity index (χ3v) is 2.51. The third kappa shape index (κ3) is 4.06. The Labute approximate surface area is 102 Å². The number of alkyl halides is 3. The smallest absolute Gasteiger partial charge is 0.304 e. The average molecular weight is 295 g/mol. The summed E-state index contributed by atoms with van der Waals surface area (Å²) >= 11 is 2.31. The van der Waals surface area contributed by atoms with E-state index in [0.29, 0.717) is 11.3 Å². The monoisotopic (exact) mass is 294 g/mol. The summed E-state index contributed by atoms with van der Waals surface area (Å²) in [6, 6.07) is 6.86. The zero-order valence-electron chi connectivity index (χ0n) is 9.04. The molecule has 0 amide bonds. The van der Waals surface area contributed by atoms with E-state index in [0.717, 1.165) is 0 Å². The van der Waals surface area contributed by atoms with Gasteiger partial charge in [-0.15, -0.1) is 0 Å². The lowest BCUT2D eigenvalue weighted by Gasteiger charge is -2.18. The summed E-state index contributed by atoms with van der Waals surface area (Å²) < 4.78 is 35.6. The fourth-order valence-corrected chi connectivity index (χ4v) is 1.66. The maximum Gasteiger partial charge on any atom is 0.304 e. The van der Waals surface area contributed by atoms with Crippen LogP contribution in [0.2, 0.25) is 0 Å². The van der Waals surface area contributed by atoms with Crippen LogP contribution >= 0.6 is 15.9 Å². The number of rotatable bonds is 5. The van der Waals surface area contributed by atoms with E-state index in [1.54, 1.807) is 31.4 Å². The fraction of sp³-hybridized carbons (Fsp3) is 0.455. The van der Waals surface area contributed by atoms with E-state index in [4.69, 9.17) is 9.47 Å². The first-order valence-electron chi connectivity index (χ1n) is 4.70. The Hall–Kier alpha value is -0.680. The fourth-order valence-electron chi connectivity index (χ4n) is 1.37. The molecule has 0 saturated carbocycles. The molecule has 0 saturated heterocycles. The van der Waals surface area contributed by atoms with Crippen LogP contribution in [0.4, 0.5) is 8.78 Å². The van der Waals surface area contributed by atoms with Crippen LogP contribution in [0.3, 0.4) is 0 Å². The normalized spacial score (nSPS) is 13.6. The summed E-state index contributed by atoms with van der Waals surface area (Å²) in [7, 11) is 2.96. The Morgan fingerprint density at radius 3 is 2.19 bits per heavy atom. The Bertz CT molecular complexity index is 322. The summed E-state index contributed by atoms with van der Waals surface area (Å²) in [6.07, 6.45) is -1.05. The van der Waals surface area contributed by atoms with E-state index in [2.05, 4.69) is 15.9 Å². The highest BCUT2D eigenvalue weighted by atomic mass is 79.9. The molecular formula is C11H13BrF2O2. The molecule has 0 bridgehead atoms. The van der Waals surface area contributed by atoms with Crippen LogP contribution in [0.5, 0.6) is 5.75 Å². The molecule has 0 aliphatic heterocycles. The van der Waals surface area contributed by atoms with Gasteiger partial charge in [-0.05, 0) is 33.6 Å². The maximum absolute atomic E-state index is 12.8. The molecule has 1 aromatic carbocycles. The zero-order valence-corrected chi connectivity index (χ0v) is 10.6. The zero-order chi connectivity index (χ0) is 12.2. The summed E-state index contributed by atoms with van der Waals surface area (Å²) in [4.78, 5) is -2.92. The highest BCUT2D eigenvalue weighted by Crippen LogP contribution is 2.35. The molecule has 0 spiro atoms. The molecule has 0 radical (unpaired) electrons. The van der Waals surface area contributed by atoms with Crippen molar-refractivity contribution < 1.29 is 18.3 Å². The van der Waals surface area contributed by atoms with Gasteiger partial charge in [0.05, 0.1) is 19.6 Å². The van der Waals surface area contributed by atoms with Crippen molar-refractivity contribution in [1.29, 1.82) is 0 Å². The molecule has 2 nitrogen and oxygen atoms in total. The molecule has 1 unspecified atom stereocenters. The Kier molecular flexibility index (Phi) is 4.68. The van der Waals surface area contributed by atoms with Crippen LogP contribution < -0.4 is 4.74 Å². The van der Waals surface area contributed by atoms with Crippen LogP contribution in [0, 0.1) is 0 Å². The number of benzene rings is 1. The third-order valence-electron chi connectivity index (χ3n) is 2.19. The minimum atomic E-state index is -2.92. The highest BCUT2D eigenvalue weighted by molar-refractivity contribution is 9.09. The Morgan fingerprint density at radius 2 is 1.81 bits per heavy atom. The second-order valence-electron chi connectivity index (χ2n) is 3.32. The second kappa shape index (κ2) is 5.59. The first kappa shape index (κ1) is 13.4. The molecule has 0 fully saturated rings. The van der Waals surface area contributed by atoms with Crippen molar-refractivity contribution >= 4 is 15.9 Å². The van der Waals surface area contributed by atoms with E-state index >= 15 is 0 Å². The van der Waals surface area contributed by atoms with Gasteiger partial charge in [0.25, 0.3) is 0 Å². The molecule has 0 heterocycles. The van der Waals surface area contributed by atoms with Gasteiger partial charge in [0.15, 0.2) is 0 Å².